The highest BCUT2D eigenvalue weighted by Gasteiger charge is 2.67. The van der Waals surface area contributed by atoms with E-state index in [9.17, 15) is 19.7 Å². The van der Waals surface area contributed by atoms with Gasteiger partial charge in [-0.1, -0.05) is 23.8 Å². The van der Waals surface area contributed by atoms with Gasteiger partial charge in [-0.15, -0.1) is 0 Å². The van der Waals surface area contributed by atoms with Crippen LogP contribution >= 0.6 is 11.6 Å². The lowest BCUT2D eigenvalue weighted by molar-refractivity contribution is -0.384. The predicted octanol–water partition coefficient (Wildman–Crippen LogP) is 3.90. The molecule has 0 N–H and O–H groups in total. The number of hydrazone groups is 1. The molecule has 7 rings (SSSR count). The fourth-order valence-corrected chi connectivity index (χ4v) is 5.76. The Morgan fingerprint density at radius 3 is 2.42 bits per heavy atom. The van der Waals surface area contributed by atoms with Crippen LogP contribution in [0.2, 0.25) is 5.02 Å². The number of amides is 2. The smallest absolute Gasteiger partial charge is 0.270 e. The molecule has 9 heteroatoms. The molecule has 1 saturated heterocycles. The van der Waals surface area contributed by atoms with E-state index in [2.05, 4.69) is 17.3 Å². The van der Waals surface area contributed by atoms with Crippen molar-refractivity contribution in [3.63, 3.8) is 0 Å². The number of hydrogen-bond donors (Lipinski definition) is 0. The minimum atomic E-state index is -0.513. The van der Waals surface area contributed by atoms with Gasteiger partial charge in [-0.05, 0) is 48.3 Å². The number of non-ortho nitro benzene ring substituents is 1. The lowest BCUT2D eigenvalue weighted by Crippen LogP contribution is -2.40. The maximum Gasteiger partial charge on any atom is 0.270 e. The maximum atomic E-state index is 12.9. The van der Waals surface area contributed by atoms with Crippen molar-refractivity contribution < 1.29 is 18.9 Å². The average molecular weight is 438 g/mol. The van der Waals surface area contributed by atoms with Gasteiger partial charge in [-0.25, -0.2) is 0 Å². The van der Waals surface area contributed by atoms with Gasteiger partial charge in [0.1, 0.15) is 11.5 Å². The summed E-state index contributed by atoms with van der Waals surface area (Å²) in [6.45, 7) is 0. The monoisotopic (exact) mass is 437 g/mol. The summed E-state index contributed by atoms with van der Waals surface area (Å²) in [5, 5.41) is 16.5. The molecule has 1 aromatic carbocycles. The molecule has 2 saturated carbocycles. The Labute approximate surface area is 181 Å². The van der Waals surface area contributed by atoms with Gasteiger partial charge in [0, 0.05) is 17.7 Å². The topological polar surface area (TPSA) is 106 Å². The summed E-state index contributed by atoms with van der Waals surface area (Å²) in [7, 11) is 0. The highest BCUT2D eigenvalue weighted by molar-refractivity contribution is 6.33. The number of rotatable bonds is 4. The minimum Gasteiger partial charge on any atom is -0.455 e. The summed E-state index contributed by atoms with van der Waals surface area (Å²) in [6, 6.07) is 7.28. The first-order valence-electron chi connectivity index (χ1n) is 10.1. The van der Waals surface area contributed by atoms with Crippen LogP contribution in [-0.2, 0) is 9.59 Å². The quantitative estimate of drug-likeness (QED) is 0.237. The molecule has 6 atom stereocenters. The molecule has 2 heterocycles. The molecule has 2 bridgehead atoms. The van der Waals surface area contributed by atoms with Crippen molar-refractivity contribution in [3.05, 3.63) is 63.4 Å². The number of benzene rings is 1. The minimum absolute atomic E-state index is 0.108. The van der Waals surface area contributed by atoms with Gasteiger partial charge >= 0.3 is 0 Å². The number of carbonyl (C=O) groups is 2. The molecular weight excluding hydrogens is 422 g/mol. The largest absolute Gasteiger partial charge is 0.455 e. The molecule has 2 amide bonds. The molecule has 5 aliphatic rings. The van der Waals surface area contributed by atoms with Crippen molar-refractivity contribution in [1.29, 1.82) is 0 Å². The van der Waals surface area contributed by atoms with Gasteiger partial charge in [-0.3, -0.25) is 19.7 Å². The third-order valence-corrected chi connectivity index (χ3v) is 7.32. The number of carbonyl (C=O) groups excluding carboxylic acids is 2. The molecule has 8 nitrogen and oxygen atoms in total. The van der Waals surface area contributed by atoms with E-state index in [4.69, 9.17) is 16.0 Å². The van der Waals surface area contributed by atoms with E-state index in [-0.39, 0.29) is 41.2 Å². The second-order valence-electron chi connectivity index (χ2n) is 8.51. The van der Waals surface area contributed by atoms with E-state index in [1.807, 2.05) is 0 Å². The summed E-state index contributed by atoms with van der Waals surface area (Å²) in [5.74, 6) is 0.869. The van der Waals surface area contributed by atoms with Crippen LogP contribution in [-0.4, -0.2) is 28.0 Å². The first-order valence-corrected chi connectivity index (χ1v) is 10.5. The number of imide groups is 1. The molecular formula is C22H16ClN3O5. The highest BCUT2D eigenvalue weighted by atomic mass is 35.5. The number of nitro benzene ring substituents is 1. The van der Waals surface area contributed by atoms with Crippen LogP contribution in [0.3, 0.4) is 0 Å². The van der Waals surface area contributed by atoms with E-state index >= 15 is 0 Å². The fourth-order valence-electron chi connectivity index (χ4n) is 5.55. The van der Waals surface area contributed by atoms with Crippen molar-refractivity contribution in [3.8, 4) is 11.3 Å². The first kappa shape index (κ1) is 18.5. The number of hydrogen-bond acceptors (Lipinski definition) is 6. The van der Waals surface area contributed by atoms with Crippen molar-refractivity contribution in [2.24, 2.45) is 40.6 Å². The lowest BCUT2D eigenvalue weighted by Gasteiger charge is -2.37. The van der Waals surface area contributed by atoms with Gasteiger partial charge in [0.15, 0.2) is 0 Å². The van der Waals surface area contributed by atoms with Crippen LogP contribution < -0.4 is 0 Å². The van der Waals surface area contributed by atoms with E-state index in [1.165, 1.54) is 24.4 Å². The number of furan rings is 1. The standard InChI is InChI=1S/C22H16ClN3O5/c23-17-5-1-10(26(29)30)7-16(17)18-6-2-11(31-18)9-24-25-21(27)19-12-3-4-13(15-8-14(12)15)20(19)22(25)28/h1-7,9,12-15,19-20H,8H2. The zero-order chi connectivity index (χ0) is 21.4. The first-order chi connectivity index (χ1) is 14.9. The Morgan fingerprint density at radius 1 is 1.10 bits per heavy atom. The normalized spacial score (nSPS) is 32.6. The highest BCUT2D eigenvalue weighted by Crippen LogP contribution is 2.65. The summed E-state index contributed by atoms with van der Waals surface area (Å²) in [6.07, 6.45) is 6.65. The Kier molecular flexibility index (Phi) is 3.80. The van der Waals surface area contributed by atoms with E-state index in [1.54, 1.807) is 12.1 Å². The lowest BCUT2D eigenvalue weighted by atomic mass is 9.63. The second-order valence-corrected chi connectivity index (χ2v) is 8.92. The fraction of sp³-hybridized carbons (Fsp3) is 0.318. The van der Waals surface area contributed by atoms with Crippen LogP contribution in [0.25, 0.3) is 11.3 Å². The number of nitrogens with zero attached hydrogens (tertiary/aromatic N) is 3. The van der Waals surface area contributed by atoms with Gasteiger partial charge in [-0.2, -0.15) is 10.1 Å². The summed E-state index contributed by atoms with van der Waals surface area (Å²) in [5.41, 5.74) is 0.264. The Morgan fingerprint density at radius 2 is 1.77 bits per heavy atom. The predicted molar refractivity (Wildman–Crippen MR) is 110 cm³/mol. The summed E-state index contributed by atoms with van der Waals surface area (Å²) < 4.78 is 5.69. The molecule has 0 spiro atoms. The molecule has 0 radical (unpaired) electrons. The van der Waals surface area contributed by atoms with Crippen LogP contribution in [0.1, 0.15) is 12.2 Å². The number of halogens is 1. The van der Waals surface area contributed by atoms with Gasteiger partial charge in [0.2, 0.25) is 0 Å². The number of allylic oxidation sites excluding steroid dienone is 2. The van der Waals surface area contributed by atoms with Crippen LogP contribution in [0.4, 0.5) is 5.69 Å². The van der Waals surface area contributed by atoms with Gasteiger partial charge in [0.25, 0.3) is 17.5 Å². The molecule has 156 valence electrons. The molecule has 4 aliphatic carbocycles. The zero-order valence-corrected chi connectivity index (χ0v) is 16.8. The maximum absolute atomic E-state index is 12.9. The molecule has 1 aliphatic heterocycles. The second kappa shape index (κ2) is 6.37. The Bertz CT molecular complexity index is 1180. The summed E-state index contributed by atoms with van der Waals surface area (Å²) in [4.78, 5) is 36.4. The average Bonchev–Trinajstić information content (AvgIpc) is 3.40. The van der Waals surface area contributed by atoms with Gasteiger partial charge < -0.3 is 4.42 Å². The van der Waals surface area contributed by atoms with E-state index in [0.29, 0.717) is 33.9 Å². The SMILES string of the molecule is O=C1C2C3C=CC(C4CC34)C2C(=O)N1N=Cc1ccc(-c2cc([N+](=O)[O-])ccc2Cl)o1. The van der Waals surface area contributed by atoms with E-state index in [0.717, 1.165) is 11.4 Å². The third kappa shape index (κ3) is 2.64. The van der Waals surface area contributed by atoms with Crippen molar-refractivity contribution >= 4 is 35.3 Å². The van der Waals surface area contributed by atoms with Gasteiger partial charge in [0.05, 0.1) is 28.0 Å². The Balaban J connectivity index is 1.25. The van der Waals surface area contributed by atoms with Crippen LogP contribution in [0.5, 0.6) is 0 Å². The molecule has 3 fully saturated rings. The zero-order valence-electron chi connectivity index (χ0n) is 16.1. The van der Waals surface area contributed by atoms with Crippen LogP contribution in [0, 0.1) is 45.6 Å². The summed E-state index contributed by atoms with van der Waals surface area (Å²) >= 11 is 6.16. The van der Waals surface area contributed by atoms with Crippen molar-refractivity contribution in [2.75, 3.05) is 0 Å². The third-order valence-electron chi connectivity index (χ3n) is 6.99. The molecule has 1 aromatic heterocycles. The number of nitro groups is 1. The van der Waals surface area contributed by atoms with Crippen LogP contribution in [0.15, 0.2) is 52.0 Å². The molecule has 2 aromatic rings. The molecule has 31 heavy (non-hydrogen) atoms. The molecule has 6 unspecified atom stereocenters. The van der Waals surface area contributed by atoms with Crippen molar-refractivity contribution in [1.82, 2.24) is 5.01 Å². The van der Waals surface area contributed by atoms with Crippen molar-refractivity contribution in [2.45, 2.75) is 6.42 Å². The van der Waals surface area contributed by atoms with E-state index < -0.39 is 4.92 Å². The Hall–Kier alpha value is -3.26.